The molecule has 3 aliphatic rings. The van der Waals surface area contributed by atoms with E-state index in [2.05, 4.69) is 36.4 Å². The molecule has 4 atom stereocenters. The van der Waals surface area contributed by atoms with Gasteiger partial charge < -0.3 is 15.4 Å². The summed E-state index contributed by atoms with van der Waals surface area (Å²) in [6.07, 6.45) is 2.39. The molecular weight excluding hydrogens is 631 g/mol. The van der Waals surface area contributed by atoms with E-state index in [-0.39, 0.29) is 17.9 Å². The lowest BCUT2D eigenvalue weighted by molar-refractivity contribution is -0.114. The van der Waals surface area contributed by atoms with Gasteiger partial charge in [-0.2, -0.15) is 0 Å². The van der Waals surface area contributed by atoms with E-state index in [4.69, 9.17) is 23.2 Å². The zero-order chi connectivity index (χ0) is 31.8. The molecule has 0 aliphatic carbocycles. The Bertz CT molecular complexity index is 1610. The first-order valence-electron chi connectivity index (χ1n) is 15.3. The summed E-state index contributed by atoms with van der Waals surface area (Å²) >= 11 is 14.0. The van der Waals surface area contributed by atoms with Gasteiger partial charge in [0, 0.05) is 75.6 Å². The second kappa shape index (κ2) is 13.6. The summed E-state index contributed by atoms with van der Waals surface area (Å²) in [6.45, 7) is 9.96. The maximum atomic E-state index is 14.2. The van der Waals surface area contributed by atoms with E-state index >= 15 is 0 Å². The van der Waals surface area contributed by atoms with Gasteiger partial charge in [-0.15, -0.1) is 11.3 Å². The number of aryl methyl sites for hydroxylation is 2. The fourth-order valence-electron chi connectivity index (χ4n) is 7.32. The topological polar surface area (TPSA) is 97.9 Å². The number of halogens is 2. The Kier molecular flexibility index (Phi) is 9.73. The van der Waals surface area contributed by atoms with Crippen molar-refractivity contribution in [3.63, 3.8) is 0 Å². The van der Waals surface area contributed by atoms with Gasteiger partial charge in [-0.1, -0.05) is 40.9 Å². The molecule has 0 saturated carbocycles. The molecule has 0 radical (unpaired) electrons. The number of thiazole rings is 1. The van der Waals surface area contributed by atoms with E-state index in [1.807, 2.05) is 37.4 Å². The lowest BCUT2D eigenvalue weighted by Gasteiger charge is -2.45. The molecule has 0 spiro atoms. The minimum Gasteiger partial charge on any atom is -0.305 e. The van der Waals surface area contributed by atoms with Crippen LogP contribution in [0.5, 0.6) is 0 Å². The van der Waals surface area contributed by atoms with Gasteiger partial charge in [0.15, 0.2) is 10.9 Å². The van der Waals surface area contributed by atoms with Crippen molar-refractivity contribution in [2.45, 2.75) is 64.4 Å². The molecule has 0 unspecified atom stereocenters. The van der Waals surface area contributed by atoms with Gasteiger partial charge in [0.05, 0.1) is 27.9 Å². The number of nitrogens with one attached hydrogen (secondary N) is 2. The number of carbonyl (C=O) groups is 3. The van der Waals surface area contributed by atoms with Gasteiger partial charge in [-0.3, -0.25) is 24.3 Å². The summed E-state index contributed by atoms with van der Waals surface area (Å²) in [6, 6.07) is 9.84. The lowest BCUT2D eigenvalue weighted by atomic mass is 9.88. The zero-order valence-electron chi connectivity index (χ0n) is 25.7. The van der Waals surface area contributed by atoms with Gasteiger partial charge >= 0.3 is 0 Å². The number of nitrogens with zero attached hydrogens (tertiary/aromatic N) is 4. The van der Waals surface area contributed by atoms with Gasteiger partial charge in [0.25, 0.3) is 0 Å². The smallest absolute Gasteiger partial charge is 0.223 e. The van der Waals surface area contributed by atoms with Crippen LogP contribution in [0.25, 0.3) is 11.1 Å². The number of Topliss-reactive ketones (excluding diaryl/α,β-unsaturated/α-hetero) is 1. The number of hydrogen-bond acceptors (Lipinski definition) is 9. The molecule has 3 aliphatic heterocycles. The second-order valence-corrected chi connectivity index (χ2v) is 14.0. The summed E-state index contributed by atoms with van der Waals surface area (Å²) in [4.78, 5) is 49.4. The molecule has 3 aromatic rings. The lowest BCUT2D eigenvalue weighted by Crippen LogP contribution is -2.62. The van der Waals surface area contributed by atoms with Crippen LogP contribution in [0, 0.1) is 13.8 Å². The molecule has 1 aromatic heterocycles. The van der Waals surface area contributed by atoms with Gasteiger partial charge in [-0.05, 0) is 55.2 Å². The molecule has 12 heteroatoms. The van der Waals surface area contributed by atoms with E-state index in [0.717, 1.165) is 66.8 Å². The number of likely N-dealkylation sites (tertiary alicyclic amines) is 2. The third kappa shape index (κ3) is 6.88. The first kappa shape index (κ1) is 32.2. The quantitative estimate of drug-likeness (QED) is 0.230. The van der Waals surface area contributed by atoms with E-state index in [0.29, 0.717) is 52.3 Å². The van der Waals surface area contributed by atoms with E-state index in [1.54, 1.807) is 6.07 Å². The molecule has 9 nitrogen and oxygen atoms in total. The van der Waals surface area contributed by atoms with Crippen LogP contribution < -0.4 is 10.6 Å². The minimum atomic E-state index is -0.408. The van der Waals surface area contributed by atoms with Crippen molar-refractivity contribution in [3.05, 3.63) is 68.1 Å². The predicted molar refractivity (Wildman–Crippen MR) is 179 cm³/mol. The second-order valence-electron chi connectivity index (χ2n) is 12.4. The highest BCUT2D eigenvalue weighted by Gasteiger charge is 2.47. The number of aromatic nitrogens is 1. The van der Waals surface area contributed by atoms with Crippen LogP contribution in [0.15, 0.2) is 35.7 Å². The summed E-state index contributed by atoms with van der Waals surface area (Å²) in [7, 11) is 0. The van der Waals surface area contributed by atoms with Crippen molar-refractivity contribution >= 4 is 57.6 Å². The van der Waals surface area contributed by atoms with Crippen molar-refractivity contribution < 1.29 is 14.4 Å². The minimum absolute atomic E-state index is 0.0356. The molecular formula is C33H38Cl2N6O3S. The highest BCUT2D eigenvalue weighted by Crippen LogP contribution is 2.37. The van der Waals surface area contributed by atoms with Crippen molar-refractivity contribution in [1.29, 1.82) is 0 Å². The Morgan fingerprint density at radius 1 is 1.13 bits per heavy atom. The standard InChI is InChI=1S/C33H38Cl2N6O3S/c1-19-10-20(2)31(22-4-5-27(34)28(35)12-22)26(11-19)32(44)29-17-39(8-7-36-29)30(6-9-42)41-16-24-13-25(41)15-40(24)14-23-18-45-33(38-23)37-21(3)43/h4-5,9-12,18,24-25,29-30,36H,6-8,13-17H2,1-3H3,(H,37,38,43)/t24-,25-,29-,30-/m0/s1. The molecule has 2 aromatic carbocycles. The largest absolute Gasteiger partial charge is 0.305 e. The number of anilines is 1. The van der Waals surface area contributed by atoms with Crippen LogP contribution in [-0.2, 0) is 16.1 Å². The van der Waals surface area contributed by atoms with E-state index in [9.17, 15) is 14.4 Å². The molecule has 3 fully saturated rings. The van der Waals surface area contributed by atoms with Gasteiger partial charge in [0.2, 0.25) is 5.91 Å². The number of ketones is 1. The molecule has 45 heavy (non-hydrogen) atoms. The van der Waals surface area contributed by atoms with Crippen molar-refractivity contribution in [2.24, 2.45) is 0 Å². The Balaban J connectivity index is 1.16. The van der Waals surface area contributed by atoms with Crippen LogP contribution in [0.4, 0.5) is 5.13 Å². The average molecular weight is 670 g/mol. The van der Waals surface area contributed by atoms with Crippen molar-refractivity contribution in [3.8, 4) is 11.1 Å². The molecule has 238 valence electrons. The summed E-state index contributed by atoms with van der Waals surface area (Å²) < 4.78 is 0. The van der Waals surface area contributed by atoms with E-state index < -0.39 is 6.04 Å². The fraction of sp³-hybridized carbons (Fsp3) is 0.455. The summed E-state index contributed by atoms with van der Waals surface area (Å²) in [5, 5.41) is 9.79. The normalized spacial score (nSPS) is 22.9. The zero-order valence-corrected chi connectivity index (χ0v) is 28.0. The Morgan fingerprint density at radius 2 is 1.96 bits per heavy atom. The Labute approximate surface area is 277 Å². The maximum absolute atomic E-state index is 14.2. The van der Waals surface area contributed by atoms with Gasteiger partial charge in [0.1, 0.15) is 6.29 Å². The number of hydrogen-bond donors (Lipinski definition) is 2. The monoisotopic (exact) mass is 668 g/mol. The van der Waals surface area contributed by atoms with Gasteiger partial charge in [-0.25, -0.2) is 4.98 Å². The number of rotatable bonds is 10. The van der Waals surface area contributed by atoms with Crippen LogP contribution in [0.2, 0.25) is 10.0 Å². The predicted octanol–water partition coefficient (Wildman–Crippen LogP) is 5.02. The third-order valence-electron chi connectivity index (χ3n) is 9.18. The molecule has 1 amide bonds. The first-order valence-corrected chi connectivity index (χ1v) is 17.0. The molecule has 4 heterocycles. The van der Waals surface area contributed by atoms with Crippen LogP contribution >= 0.6 is 34.5 Å². The number of amides is 1. The highest BCUT2D eigenvalue weighted by molar-refractivity contribution is 7.13. The number of aldehydes is 1. The number of piperazine rings is 2. The van der Waals surface area contributed by atoms with Crippen molar-refractivity contribution in [2.75, 3.05) is 38.0 Å². The van der Waals surface area contributed by atoms with Crippen LogP contribution in [0.3, 0.4) is 0 Å². The Hall–Kier alpha value is -2.70. The molecule has 3 saturated heterocycles. The van der Waals surface area contributed by atoms with Crippen LogP contribution in [0.1, 0.15) is 46.9 Å². The van der Waals surface area contributed by atoms with Crippen molar-refractivity contribution in [1.82, 2.24) is 25.0 Å². The molecule has 2 bridgehead atoms. The maximum Gasteiger partial charge on any atom is 0.223 e. The highest BCUT2D eigenvalue weighted by atomic mass is 35.5. The fourth-order valence-corrected chi connectivity index (χ4v) is 8.36. The molecule has 2 N–H and O–H groups in total. The first-order chi connectivity index (χ1) is 21.6. The summed E-state index contributed by atoms with van der Waals surface area (Å²) in [5.41, 5.74) is 5.38. The van der Waals surface area contributed by atoms with E-state index in [1.165, 1.54) is 18.3 Å². The number of benzene rings is 2. The summed E-state index contributed by atoms with van der Waals surface area (Å²) in [5.74, 6) is -0.0841. The number of carbonyl (C=O) groups excluding carboxylic acids is 3. The number of fused-ring (bicyclic) bond motifs is 2. The SMILES string of the molecule is CC(=O)Nc1nc(CN2C[C@@H]3C[C@H]2CN3[C@@H](CC=O)N2CCN[C@H](C(=O)c3cc(C)cc(C)c3-c3ccc(Cl)c(Cl)c3)C2)cs1. The molecule has 6 rings (SSSR count). The third-order valence-corrected chi connectivity index (χ3v) is 10.7. The average Bonchev–Trinajstić information content (AvgIpc) is 3.73. The van der Waals surface area contributed by atoms with Crippen LogP contribution in [-0.4, -0.2) is 94.7 Å². The Morgan fingerprint density at radius 3 is 2.67 bits per heavy atom.